The third-order valence-corrected chi connectivity index (χ3v) is 13.1. The molecule has 8 aromatic carbocycles. The number of para-hydroxylation sites is 1. The average molecular weight is 737 g/mol. The molecule has 1 aliphatic carbocycles. The average Bonchev–Trinajstić information content (AvgIpc) is 3.98. The van der Waals surface area contributed by atoms with E-state index in [1.54, 1.807) is 0 Å². The molecule has 1 saturated heterocycles. The maximum absolute atomic E-state index is 3.43. The van der Waals surface area contributed by atoms with E-state index in [1.807, 2.05) is 11.3 Å². The fourth-order valence-corrected chi connectivity index (χ4v) is 10.2. The van der Waals surface area contributed by atoms with Crippen LogP contribution in [0.4, 0.5) is 17.1 Å². The molecule has 1 N–H and O–H groups in total. The zero-order valence-corrected chi connectivity index (χ0v) is 32.1. The minimum absolute atomic E-state index is 0.234. The van der Waals surface area contributed by atoms with Gasteiger partial charge in [-0.1, -0.05) is 159 Å². The summed E-state index contributed by atoms with van der Waals surface area (Å²) in [6.45, 7) is 3.48. The molecule has 0 bridgehead atoms. The predicted octanol–water partition coefficient (Wildman–Crippen LogP) is 14.2. The number of hydrogen-bond donors (Lipinski definition) is 1. The molecule has 9 aromatic rings. The fourth-order valence-electron chi connectivity index (χ4n) is 8.99. The highest BCUT2D eigenvalue weighted by molar-refractivity contribution is 7.26. The first-order valence-electron chi connectivity index (χ1n) is 19.7. The summed E-state index contributed by atoms with van der Waals surface area (Å²) in [6.07, 6.45) is 3.29. The summed E-state index contributed by atoms with van der Waals surface area (Å²) >= 11 is 1.89. The number of fused-ring (bicyclic) bond motifs is 8. The van der Waals surface area contributed by atoms with Gasteiger partial charge in [0.15, 0.2) is 0 Å². The van der Waals surface area contributed by atoms with Crippen LogP contribution in [0, 0.1) is 0 Å². The first-order valence-corrected chi connectivity index (χ1v) is 20.5. The molecule has 2 nitrogen and oxygen atoms in total. The molecule has 2 heterocycles. The van der Waals surface area contributed by atoms with Crippen molar-refractivity contribution in [1.29, 1.82) is 0 Å². The van der Waals surface area contributed by atoms with Crippen LogP contribution in [0.5, 0.6) is 0 Å². The standard InChI is InChI=1S/C53H40N2S/c1-34-46-31-36(30-39(37-13-4-2-5-14-37)29-35-23-26-38(27-24-35)48-33-54-48)25-28-44(46)52-43-19-9-8-17-41(43)50(32-47(34)52)55(40-15-6-3-7-16-40)49-21-12-20-45-42-18-10-11-22-51(42)56-53(45)49/h2-28,30-32,34,48,54H,29,33H2,1H3/b39-30-. The highest BCUT2D eigenvalue weighted by Gasteiger charge is 2.31. The molecule has 1 fully saturated rings. The minimum Gasteiger partial charge on any atom is -0.308 e. The molecule has 2 aliphatic rings. The maximum Gasteiger partial charge on any atom is 0.0640 e. The number of allylic oxidation sites excluding steroid dienone is 1. The second-order valence-corrected chi connectivity index (χ2v) is 16.4. The predicted molar refractivity (Wildman–Crippen MR) is 240 cm³/mol. The van der Waals surface area contributed by atoms with Crippen LogP contribution in [-0.2, 0) is 6.42 Å². The second kappa shape index (κ2) is 13.5. The molecule has 268 valence electrons. The number of anilines is 3. The SMILES string of the molecule is CC1c2cc(/C=C(/Cc3ccc(C4CN4)cc3)c3ccccc3)ccc2-c2c1cc(N(c1ccccc1)c1cccc3c1sc1ccccc13)c1ccccc21. The summed E-state index contributed by atoms with van der Waals surface area (Å²) < 4.78 is 2.62. The van der Waals surface area contributed by atoms with Gasteiger partial charge in [0.05, 0.1) is 16.1 Å². The van der Waals surface area contributed by atoms with Crippen molar-refractivity contribution in [3.63, 3.8) is 0 Å². The molecule has 3 heteroatoms. The highest BCUT2D eigenvalue weighted by atomic mass is 32.1. The van der Waals surface area contributed by atoms with Gasteiger partial charge in [0, 0.05) is 45.1 Å². The van der Waals surface area contributed by atoms with Gasteiger partial charge in [-0.15, -0.1) is 11.3 Å². The number of thiophene rings is 1. The molecule has 0 spiro atoms. The van der Waals surface area contributed by atoms with Crippen LogP contribution >= 0.6 is 11.3 Å². The van der Waals surface area contributed by atoms with Crippen molar-refractivity contribution in [1.82, 2.24) is 5.32 Å². The molecule has 2 atom stereocenters. The Labute approximate surface area is 332 Å². The van der Waals surface area contributed by atoms with Crippen LogP contribution in [0.3, 0.4) is 0 Å². The lowest BCUT2D eigenvalue weighted by atomic mass is 9.93. The molecule has 0 radical (unpaired) electrons. The normalized spacial score (nSPS) is 16.0. The first kappa shape index (κ1) is 33.1. The first-order chi connectivity index (χ1) is 27.7. The molecule has 11 rings (SSSR count). The topological polar surface area (TPSA) is 25.2 Å². The summed E-state index contributed by atoms with van der Waals surface area (Å²) in [4.78, 5) is 2.50. The van der Waals surface area contributed by atoms with E-state index in [4.69, 9.17) is 0 Å². The number of nitrogens with one attached hydrogen (secondary N) is 1. The van der Waals surface area contributed by atoms with Gasteiger partial charge in [0.2, 0.25) is 0 Å². The van der Waals surface area contributed by atoms with Crippen LogP contribution in [0.15, 0.2) is 176 Å². The van der Waals surface area contributed by atoms with Gasteiger partial charge in [-0.3, -0.25) is 0 Å². The van der Waals surface area contributed by atoms with Crippen molar-refractivity contribution in [2.24, 2.45) is 0 Å². The number of hydrogen-bond acceptors (Lipinski definition) is 3. The van der Waals surface area contributed by atoms with Gasteiger partial charge in [-0.2, -0.15) is 0 Å². The lowest BCUT2D eigenvalue weighted by Gasteiger charge is -2.28. The van der Waals surface area contributed by atoms with E-state index in [0.717, 1.165) is 18.7 Å². The van der Waals surface area contributed by atoms with Gasteiger partial charge < -0.3 is 10.2 Å². The summed E-state index contributed by atoms with van der Waals surface area (Å²) in [5.41, 5.74) is 15.6. The smallest absolute Gasteiger partial charge is 0.0640 e. The molecule has 2 unspecified atom stereocenters. The molecule has 0 amide bonds. The third-order valence-electron chi connectivity index (χ3n) is 11.9. The van der Waals surface area contributed by atoms with Crippen LogP contribution in [-0.4, -0.2) is 6.54 Å². The number of benzene rings is 8. The van der Waals surface area contributed by atoms with Gasteiger partial charge >= 0.3 is 0 Å². The Kier molecular flexibility index (Phi) is 7.98. The molecule has 1 aromatic heterocycles. The van der Waals surface area contributed by atoms with Gasteiger partial charge in [0.1, 0.15) is 0 Å². The third kappa shape index (κ3) is 5.66. The molecule has 1 aliphatic heterocycles. The van der Waals surface area contributed by atoms with E-state index >= 15 is 0 Å². The highest BCUT2D eigenvalue weighted by Crippen LogP contribution is 2.53. The molecular weight excluding hydrogens is 697 g/mol. The van der Waals surface area contributed by atoms with Crippen LogP contribution in [0.25, 0.3) is 53.7 Å². The van der Waals surface area contributed by atoms with Crippen LogP contribution in [0.2, 0.25) is 0 Å². The Morgan fingerprint density at radius 1 is 0.643 bits per heavy atom. The van der Waals surface area contributed by atoms with Crippen LogP contribution in [0.1, 0.15) is 52.3 Å². The summed E-state index contributed by atoms with van der Waals surface area (Å²) in [5.74, 6) is 0.234. The summed E-state index contributed by atoms with van der Waals surface area (Å²) in [7, 11) is 0. The van der Waals surface area contributed by atoms with Crippen molar-refractivity contribution in [3.8, 4) is 11.1 Å². The van der Waals surface area contributed by atoms with E-state index < -0.39 is 0 Å². The summed E-state index contributed by atoms with van der Waals surface area (Å²) in [5, 5.41) is 8.60. The Hall–Kier alpha value is -6.26. The Morgan fingerprint density at radius 2 is 1.34 bits per heavy atom. The zero-order chi connectivity index (χ0) is 37.2. The maximum atomic E-state index is 3.43. The van der Waals surface area contributed by atoms with E-state index in [0.29, 0.717) is 6.04 Å². The van der Waals surface area contributed by atoms with E-state index in [-0.39, 0.29) is 5.92 Å². The van der Waals surface area contributed by atoms with Crippen LogP contribution < -0.4 is 10.2 Å². The molecular formula is C53H40N2S. The fraction of sp³-hybridized carbons (Fsp3) is 0.0943. The van der Waals surface area contributed by atoms with Crippen molar-refractivity contribution in [2.45, 2.75) is 25.3 Å². The molecule has 56 heavy (non-hydrogen) atoms. The molecule has 0 saturated carbocycles. The zero-order valence-electron chi connectivity index (χ0n) is 31.2. The van der Waals surface area contributed by atoms with Crippen molar-refractivity contribution < 1.29 is 0 Å². The van der Waals surface area contributed by atoms with Crippen molar-refractivity contribution in [3.05, 3.63) is 209 Å². The quantitative estimate of drug-likeness (QED) is 0.124. The van der Waals surface area contributed by atoms with Gasteiger partial charge in [-0.25, -0.2) is 0 Å². The summed E-state index contributed by atoms with van der Waals surface area (Å²) in [6, 6.07) is 65.8. The van der Waals surface area contributed by atoms with Crippen molar-refractivity contribution >= 4 is 71.0 Å². The minimum atomic E-state index is 0.234. The van der Waals surface area contributed by atoms with E-state index in [1.165, 1.54) is 92.4 Å². The number of rotatable bonds is 8. The van der Waals surface area contributed by atoms with E-state index in [2.05, 4.69) is 199 Å². The Morgan fingerprint density at radius 3 is 2.12 bits per heavy atom. The second-order valence-electron chi connectivity index (χ2n) is 15.3. The van der Waals surface area contributed by atoms with Crippen molar-refractivity contribution in [2.75, 3.05) is 11.4 Å². The monoisotopic (exact) mass is 736 g/mol. The lowest BCUT2D eigenvalue weighted by molar-refractivity contribution is 0.956. The largest absolute Gasteiger partial charge is 0.308 e. The van der Waals surface area contributed by atoms with Gasteiger partial charge in [-0.05, 0) is 92.2 Å². The number of nitrogens with zero attached hydrogens (tertiary/aromatic N) is 1. The Bertz CT molecular complexity index is 2960. The van der Waals surface area contributed by atoms with Gasteiger partial charge in [0.25, 0.3) is 0 Å². The van der Waals surface area contributed by atoms with E-state index in [9.17, 15) is 0 Å². The Balaban J connectivity index is 1.04. The lowest BCUT2D eigenvalue weighted by Crippen LogP contribution is -2.11.